The summed E-state index contributed by atoms with van der Waals surface area (Å²) in [6.07, 6.45) is 2.03. The summed E-state index contributed by atoms with van der Waals surface area (Å²) < 4.78 is 11.6. The van der Waals surface area contributed by atoms with E-state index in [4.69, 9.17) is 9.47 Å². The Morgan fingerprint density at radius 2 is 1.29 bits per heavy atom. The molecule has 3 heteroatoms. The zero-order valence-electron chi connectivity index (χ0n) is 18.9. The maximum atomic E-state index is 5.78. The normalized spacial score (nSPS) is 12.1. The van der Waals surface area contributed by atoms with E-state index in [0.717, 1.165) is 30.9 Å². The monoisotopic (exact) mass is 383 g/mol. The molecule has 0 aromatic heterocycles. The van der Waals surface area contributed by atoms with Crippen LogP contribution in [0.3, 0.4) is 0 Å². The first-order valence-corrected chi connectivity index (χ1v) is 10.2. The first kappa shape index (κ1) is 22.3. The molecule has 2 rings (SSSR count). The van der Waals surface area contributed by atoms with Crippen molar-refractivity contribution in [1.29, 1.82) is 0 Å². The lowest BCUT2D eigenvalue weighted by atomic mass is 9.72. The fourth-order valence-corrected chi connectivity index (χ4v) is 3.70. The van der Waals surface area contributed by atoms with Crippen LogP contribution < -0.4 is 14.8 Å². The number of ether oxygens (including phenoxy) is 2. The number of hydrogen-bond acceptors (Lipinski definition) is 3. The summed E-state index contributed by atoms with van der Waals surface area (Å²) in [6, 6.07) is 12.9. The van der Waals surface area contributed by atoms with Crippen molar-refractivity contribution in [2.45, 2.75) is 65.3 Å². The van der Waals surface area contributed by atoms with E-state index in [1.54, 1.807) is 14.2 Å². The highest BCUT2D eigenvalue weighted by molar-refractivity contribution is 5.53. The summed E-state index contributed by atoms with van der Waals surface area (Å²) in [4.78, 5) is 0. The SMILES string of the molecule is CCC(C)(C)NCCC(C)(c1cc(C)ccc1OC)c1cc(C)ccc1OC. The van der Waals surface area contributed by atoms with Crippen molar-refractivity contribution in [3.05, 3.63) is 58.7 Å². The van der Waals surface area contributed by atoms with Crippen LogP contribution in [0.15, 0.2) is 36.4 Å². The number of aryl methyl sites for hydroxylation is 2. The van der Waals surface area contributed by atoms with Gasteiger partial charge < -0.3 is 14.8 Å². The Bertz CT molecular complexity index is 742. The third-order valence-corrected chi connectivity index (χ3v) is 6.01. The second-order valence-corrected chi connectivity index (χ2v) is 8.65. The van der Waals surface area contributed by atoms with Gasteiger partial charge in [0.1, 0.15) is 11.5 Å². The third-order valence-electron chi connectivity index (χ3n) is 6.01. The van der Waals surface area contributed by atoms with Gasteiger partial charge in [0.2, 0.25) is 0 Å². The van der Waals surface area contributed by atoms with Crippen LogP contribution in [0, 0.1) is 13.8 Å². The van der Waals surface area contributed by atoms with Gasteiger partial charge in [-0.2, -0.15) is 0 Å². The first-order valence-electron chi connectivity index (χ1n) is 10.2. The lowest BCUT2D eigenvalue weighted by Crippen LogP contribution is -2.41. The predicted octanol–water partition coefficient (Wildman–Crippen LogP) is 5.79. The molecule has 0 aliphatic rings. The summed E-state index contributed by atoms with van der Waals surface area (Å²) in [5.74, 6) is 1.85. The molecule has 0 radical (unpaired) electrons. The Morgan fingerprint density at radius 3 is 1.68 bits per heavy atom. The number of nitrogens with one attached hydrogen (secondary N) is 1. The maximum Gasteiger partial charge on any atom is 0.122 e. The van der Waals surface area contributed by atoms with Crippen molar-refractivity contribution < 1.29 is 9.47 Å². The molecule has 0 aliphatic carbocycles. The Hall–Kier alpha value is -2.00. The minimum absolute atomic E-state index is 0.119. The van der Waals surface area contributed by atoms with E-state index in [-0.39, 0.29) is 11.0 Å². The average Bonchev–Trinajstić information content (AvgIpc) is 2.67. The molecule has 0 saturated carbocycles. The smallest absolute Gasteiger partial charge is 0.122 e. The molecule has 0 heterocycles. The molecular formula is C25H37NO2. The topological polar surface area (TPSA) is 30.5 Å². The van der Waals surface area contributed by atoms with Crippen molar-refractivity contribution in [2.75, 3.05) is 20.8 Å². The molecular weight excluding hydrogens is 346 g/mol. The zero-order valence-corrected chi connectivity index (χ0v) is 18.9. The molecule has 0 saturated heterocycles. The van der Waals surface area contributed by atoms with E-state index in [0.29, 0.717) is 0 Å². The highest BCUT2D eigenvalue weighted by Crippen LogP contribution is 2.44. The Labute approximate surface area is 171 Å². The highest BCUT2D eigenvalue weighted by Gasteiger charge is 2.35. The maximum absolute atomic E-state index is 5.78. The van der Waals surface area contributed by atoms with Crippen molar-refractivity contribution >= 4 is 0 Å². The summed E-state index contributed by atoms with van der Waals surface area (Å²) in [6.45, 7) is 14.2. The van der Waals surface area contributed by atoms with Crippen LogP contribution in [0.5, 0.6) is 11.5 Å². The summed E-state index contributed by atoms with van der Waals surface area (Å²) in [7, 11) is 3.50. The van der Waals surface area contributed by atoms with E-state index in [1.165, 1.54) is 22.3 Å². The van der Waals surface area contributed by atoms with Gasteiger partial charge in [-0.05, 0) is 59.2 Å². The van der Waals surface area contributed by atoms with Gasteiger partial charge in [-0.1, -0.05) is 49.2 Å². The summed E-state index contributed by atoms with van der Waals surface area (Å²) in [5, 5.41) is 3.73. The minimum Gasteiger partial charge on any atom is -0.496 e. The van der Waals surface area contributed by atoms with Crippen LogP contribution in [0.2, 0.25) is 0 Å². The lowest BCUT2D eigenvalue weighted by molar-refractivity contribution is 0.340. The molecule has 1 N–H and O–H groups in total. The first-order chi connectivity index (χ1) is 13.2. The van der Waals surface area contributed by atoms with Gasteiger partial charge in [0.05, 0.1) is 14.2 Å². The number of benzene rings is 2. The van der Waals surface area contributed by atoms with Crippen LogP contribution in [-0.4, -0.2) is 26.3 Å². The highest BCUT2D eigenvalue weighted by atomic mass is 16.5. The molecule has 2 aromatic rings. The van der Waals surface area contributed by atoms with Crippen LogP contribution in [0.25, 0.3) is 0 Å². The van der Waals surface area contributed by atoms with Gasteiger partial charge >= 0.3 is 0 Å². The Balaban J connectivity index is 2.59. The molecule has 154 valence electrons. The number of rotatable bonds is 9. The molecule has 2 aromatic carbocycles. The summed E-state index contributed by atoms with van der Waals surface area (Å²) >= 11 is 0. The van der Waals surface area contributed by atoms with Crippen LogP contribution in [0.4, 0.5) is 0 Å². The second kappa shape index (κ2) is 9.00. The van der Waals surface area contributed by atoms with Crippen LogP contribution in [-0.2, 0) is 5.41 Å². The van der Waals surface area contributed by atoms with Gasteiger partial charge in [-0.25, -0.2) is 0 Å². The second-order valence-electron chi connectivity index (χ2n) is 8.65. The zero-order chi connectivity index (χ0) is 20.9. The fraction of sp³-hybridized carbons (Fsp3) is 0.520. The molecule has 0 spiro atoms. The van der Waals surface area contributed by atoms with Crippen molar-refractivity contribution in [1.82, 2.24) is 5.32 Å². The van der Waals surface area contributed by atoms with Gasteiger partial charge in [0, 0.05) is 22.1 Å². The van der Waals surface area contributed by atoms with Crippen molar-refractivity contribution in [3.8, 4) is 11.5 Å². The van der Waals surface area contributed by atoms with E-state index >= 15 is 0 Å². The van der Waals surface area contributed by atoms with Crippen LogP contribution >= 0.6 is 0 Å². The molecule has 0 aliphatic heterocycles. The van der Waals surface area contributed by atoms with Gasteiger partial charge in [-0.3, -0.25) is 0 Å². The quantitative estimate of drug-likeness (QED) is 0.594. The van der Waals surface area contributed by atoms with Gasteiger partial charge in [-0.15, -0.1) is 0 Å². The largest absolute Gasteiger partial charge is 0.496 e. The van der Waals surface area contributed by atoms with Gasteiger partial charge in [0.15, 0.2) is 0 Å². The Morgan fingerprint density at radius 1 is 0.821 bits per heavy atom. The van der Waals surface area contributed by atoms with E-state index in [1.807, 2.05) is 0 Å². The standard InChI is InChI=1S/C25H37NO2/c1-9-24(4,5)26-15-14-25(6,20-16-18(2)10-12-22(20)27-7)21-17-19(3)11-13-23(21)28-8/h10-13,16-17,26H,9,14-15H2,1-8H3. The minimum atomic E-state index is -0.244. The molecule has 0 atom stereocenters. The molecule has 0 unspecified atom stereocenters. The fourth-order valence-electron chi connectivity index (χ4n) is 3.70. The summed E-state index contributed by atoms with van der Waals surface area (Å²) in [5.41, 5.74) is 4.75. The molecule has 0 amide bonds. The van der Waals surface area contributed by atoms with Gasteiger partial charge in [0.25, 0.3) is 0 Å². The van der Waals surface area contributed by atoms with E-state index < -0.39 is 0 Å². The van der Waals surface area contributed by atoms with E-state index in [9.17, 15) is 0 Å². The molecule has 0 bridgehead atoms. The predicted molar refractivity (Wildman–Crippen MR) is 119 cm³/mol. The third kappa shape index (κ3) is 4.88. The number of hydrogen-bond donors (Lipinski definition) is 1. The van der Waals surface area contributed by atoms with Crippen molar-refractivity contribution in [2.24, 2.45) is 0 Å². The molecule has 0 fully saturated rings. The lowest BCUT2D eigenvalue weighted by Gasteiger charge is -2.35. The molecule has 28 heavy (non-hydrogen) atoms. The molecule has 3 nitrogen and oxygen atoms in total. The van der Waals surface area contributed by atoms with Crippen molar-refractivity contribution in [3.63, 3.8) is 0 Å². The number of methoxy groups -OCH3 is 2. The van der Waals surface area contributed by atoms with E-state index in [2.05, 4.69) is 83.3 Å². The average molecular weight is 384 g/mol. The van der Waals surface area contributed by atoms with Crippen LogP contribution in [0.1, 0.15) is 62.8 Å². The Kier molecular flexibility index (Phi) is 7.16.